The summed E-state index contributed by atoms with van der Waals surface area (Å²) in [5.74, 6) is -3.62. The zero-order valence-corrected chi connectivity index (χ0v) is 15.4. The Hall–Kier alpha value is -2.50. The summed E-state index contributed by atoms with van der Waals surface area (Å²) >= 11 is 0. The first-order valence-corrected chi connectivity index (χ1v) is 8.71. The van der Waals surface area contributed by atoms with Crippen molar-refractivity contribution in [3.8, 4) is 17.2 Å². The Morgan fingerprint density at radius 2 is 1.85 bits per heavy atom. The number of hydrogen-bond donors (Lipinski definition) is 0. The van der Waals surface area contributed by atoms with Crippen LogP contribution in [-0.4, -0.2) is 45.5 Å². The molecule has 0 aromatic heterocycles. The molecule has 0 atom stereocenters. The van der Waals surface area contributed by atoms with Gasteiger partial charge in [0.15, 0.2) is 17.3 Å². The van der Waals surface area contributed by atoms with E-state index in [1.165, 1.54) is 0 Å². The highest BCUT2D eigenvalue weighted by atomic mass is 32.2. The van der Waals surface area contributed by atoms with Crippen LogP contribution in [0.2, 0.25) is 0 Å². The van der Waals surface area contributed by atoms with Crippen LogP contribution in [0.25, 0.3) is 0 Å². The number of Topliss-reactive ketones (excluding diaryl/α,β-unsaturated/α-hetero) is 1. The molecular formula is C15H15F3O8S. The number of rotatable bonds is 4. The topological polar surface area (TPSA) is 105 Å². The smallest absolute Gasteiger partial charge is 0.495 e. The molecule has 1 aromatic carbocycles. The van der Waals surface area contributed by atoms with E-state index in [0.717, 1.165) is 14.2 Å². The monoisotopic (exact) mass is 412 g/mol. The number of alkyl halides is 3. The lowest BCUT2D eigenvalue weighted by atomic mass is 9.91. The van der Waals surface area contributed by atoms with Crippen molar-refractivity contribution in [2.75, 3.05) is 14.2 Å². The van der Waals surface area contributed by atoms with Gasteiger partial charge < -0.3 is 18.4 Å². The maximum absolute atomic E-state index is 12.7. The van der Waals surface area contributed by atoms with Gasteiger partial charge in [0.2, 0.25) is 0 Å². The first kappa shape index (κ1) is 20.8. The Morgan fingerprint density at radius 3 is 2.33 bits per heavy atom. The third-order valence-electron chi connectivity index (χ3n) is 3.54. The second-order valence-corrected chi connectivity index (χ2v) is 7.63. The Kier molecular flexibility index (Phi) is 5.08. The zero-order chi connectivity index (χ0) is 20.8. The molecular weight excluding hydrogens is 397 g/mol. The van der Waals surface area contributed by atoms with Crippen molar-refractivity contribution < 1.29 is 49.6 Å². The number of ether oxygens (including phenoxy) is 3. The fourth-order valence-electron chi connectivity index (χ4n) is 2.50. The molecule has 8 nitrogen and oxygen atoms in total. The zero-order valence-electron chi connectivity index (χ0n) is 14.6. The van der Waals surface area contributed by atoms with E-state index in [1.54, 1.807) is 13.8 Å². The maximum atomic E-state index is 12.7. The number of hydrogen-bond acceptors (Lipinski definition) is 8. The van der Waals surface area contributed by atoms with Crippen LogP contribution >= 0.6 is 0 Å². The molecule has 0 amide bonds. The number of fused-ring (bicyclic) bond motifs is 1. The summed E-state index contributed by atoms with van der Waals surface area (Å²) in [5, 5.41) is 0. The molecule has 0 spiro atoms. The molecule has 150 valence electrons. The summed E-state index contributed by atoms with van der Waals surface area (Å²) in [7, 11) is -4.17. The predicted molar refractivity (Wildman–Crippen MR) is 83.6 cm³/mol. The van der Waals surface area contributed by atoms with Crippen LogP contribution in [0.4, 0.5) is 13.2 Å². The van der Waals surface area contributed by atoms with Gasteiger partial charge in [0.1, 0.15) is 22.5 Å². The molecule has 0 saturated heterocycles. The van der Waals surface area contributed by atoms with Crippen LogP contribution in [0.3, 0.4) is 0 Å². The van der Waals surface area contributed by atoms with Crippen molar-refractivity contribution in [2.45, 2.75) is 31.4 Å². The van der Waals surface area contributed by atoms with E-state index in [2.05, 4.69) is 8.92 Å². The number of halogens is 3. The first-order valence-electron chi connectivity index (χ1n) is 7.30. The van der Waals surface area contributed by atoms with Crippen LogP contribution < -0.4 is 13.7 Å². The summed E-state index contributed by atoms with van der Waals surface area (Å²) < 4.78 is 80.0. The summed E-state index contributed by atoms with van der Waals surface area (Å²) in [6.45, 7) is 3.09. The van der Waals surface area contributed by atoms with Crippen molar-refractivity contribution in [1.82, 2.24) is 0 Å². The Labute approximate surface area is 152 Å². The van der Waals surface area contributed by atoms with Gasteiger partial charge in [-0.15, -0.1) is 0 Å². The number of ketones is 1. The van der Waals surface area contributed by atoms with E-state index in [-0.39, 0.29) is 17.7 Å². The fourth-order valence-corrected chi connectivity index (χ4v) is 2.96. The van der Waals surface area contributed by atoms with Crippen LogP contribution in [0.1, 0.15) is 41.0 Å². The van der Waals surface area contributed by atoms with Crippen LogP contribution in [-0.2, 0) is 14.9 Å². The molecule has 0 fully saturated rings. The minimum Gasteiger partial charge on any atom is -0.495 e. The Balaban J connectivity index is 2.80. The predicted octanol–water partition coefficient (Wildman–Crippen LogP) is 2.45. The molecule has 2 rings (SSSR count). The van der Waals surface area contributed by atoms with E-state index in [0.29, 0.717) is 6.07 Å². The lowest BCUT2D eigenvalue weighted by Crippen LogP contribution is -2.36. The summed E-state index contributed by atoms with van der Waals surface area (Å²) in [6.07, 6.45) is -0.113. The third-order valence-corrected chi connectivity index (χ3v) is 4.50. The molecule has 1 aromatic rings. The van der Waals surface area contributed by atoms with Gasteiger partial charge in [0, 0.05) is 6.07 Å². The van der Waals surface area contributed by atoms with Gasteiger partial charge in [-0.2, -0.15) is 21.6 Å². The van der Waals surface area contributed by atoms with Crippen molar-refractivity contribution in [1.29, 1.82) is 0 Å². The molecule has 0 N–H and O–H groups in total. The summed E-state index contributed by atoms with van der Waals surface area (Å²) in [5.41, 5.74) is -7.79. The van der Waals surface area contributed by atoms with Gasteiger partial charge in [0.25, 0.3) is 0 Å². The van der Waals surface area contributed by atoms with Crippen LogP contribution in [0.5, 0.6) is 17.2 Å². The molecule has 1 aliphatic rings. The average molecular weight is 412 g/mol. The van der Waals surface area contributed by atoms with Crippen molar-refractivity contribution in [3.63, 3.8) is 0 Å². The summed E-state index contributed by atoms with van der Waals surface area (Å²) in [4.78, 5) is 24.5. The van der Waals surface area contributed by atoms with Gasteiger partial charge in [-0.3, -0.25) is 4.79 Å². The lowest BCUT2D eigenvalue weighted by Gasteiger charge is -2.33. The number of methoxy groups -OCH3 is 2. The van der Waals surface area contributed by atoms with Crippen LogP contribution in [0, 0.1) is 0 Å². The number of esters is 1. The quantitative estimate of drug-likeness (QED) is 0.422. The van der Waals surface area contributed by atoms with E-state index >= 15 is 0 Å². The molecule has 0 unspecified atom stereocenters. The highest BCUT2D eigenvalue weighted by Gasteiger charge is 2.50. The summed E-state index contributed by atoms with van der Waals surface area (Å²) in [6, 6.07) is 0.714. The molecule has 12 heteroatoms. The Bertz CT molecular complexity index is 903. The van der Waals surface area contributed by atoms with Gasteiger partial charge in [-0.25, -0.2) is 4.79 Å². The highest BCUT2D eigenvalue weighted by Crippen LogP contribution is 2.46. The van der Waals surface area contributed by atoms with Crippen LogP contribution in [0.15, 0.2) is 6.07 Å². The van der Waals surface area contributed by atoms with Crippen molar-refractivity contribution in [2.24, 2.45) is 0 Å². The first-order chi connectivity index (χ1) is 12.2. The number of carbonyl (C=O) groups is 2. The minimum atomic E-state index is -6.11. The fraction of sp³-hybridized carbons (Fsp3) is 0.467. The molecule has 1 heterocycles. The SMILES string of the molecule is COC(=O)c1c(OS(=O)(=O)C(F)(F)F)cc2c(c1OC)C(=O)CC(C)(C)O2. The molecule has 0 bridgehead atoms. The number of benzene rings is 1. The average Bonchev–Trinajstić information content (AvgIpc) is 2.50. The minimum absolute atomic E-state index is 0.113. The standard InChI is InChI=1S/C15H15F3O8S/c1-14(2)6-7(19)10-8(25-14)5-9(26-27(21,22)15(16,17)18)11(12(10)23-3)13(20)24-4/h5H,6H2,1-4H3. The van der Waals surface area contributed by atoms with Gasteiger partial charge in [0.05, 0.1) is 20.6 Å². The molecule has 0 aliphatic carbocycles. The molecule has 1 aliphatic heterocycles. The molecule has 27 heavy (non-hydrogen) atoms. The van der Waals surface area contributed by atoms with Crippen molar-refractivity contribution in [3.05, 3.63) is 17.2 Å². The second-order valence-electron chi connectivity index (χ2n) is 6.09. The number of carbonyl (C=O) groups excluding carboxylic acids is 2. The van der Waals surface area contributed by atoms with Gasteiger partial charge in [-0.1, -0.05) is 0 Å². The molecule has 0 saturated carbocycles. The van der Waals surface area contributed by atoms with Gasteiger partial charge in [-0.05, 0) is 13.8 Å². The van der Waals surface area contributed by atoms with E-state index < -0.39 is 50.0 Å². The Morgan fingerprint density at radius 1 is 1.26 bits per heavy atom. The normalized spacial score (nSPS) is 16.2. The lowest BCUT2D eigenvalue weighted by molar-refractivity contribution is -0.0500. The maximum Gasteiger partial charge on any atom is 0.534 e. The second kappa shape index (κ2) is 6.59. The van der Waals surface area contributed by atoms with E-state index in [1.807, 2.05) is 0 Å². The molecule has 0 radical (unpaired) electrons. The largest absolute Gasteiger partial charge is 0.534 e. The van der Waals surface area contributed by atoms with E-state index in [9.17, 15) is 31.2 Å². The third kappa shape index (κ3) is 3.80. The van der Waals surface area contributed by atoms with Gasteiger partial charge >= 0.3 is 21.6 Å². The van der Waals surface area contributed by atoms with Crippen molar-refractivity contribution >= 4 is 21.9 Å². The highest BCUT2D eigenvalue weighted by molar-refractivity contribution is 7.88. The van der Waals surface area contributed by atoms with E-state index in [4.69, 9.17) is 9.47 Å².